The van der Waals surface area contributed by atoms with Gasteiger partial charge in [-0.25, -0.2) is 0 Å². The average Bonchev–Trinajstić information content (AvgIpc) is 3.19. The molecule has 2 heterocycles. The molecule has 9 heteroatoms. The van der Waals surface area contributed by atoms with Crippen LogP contribution in [0.2, 0.25) is 0 Å². The molecule has 0 aliphatic heterocycles. The van der Waals surface area contributed by atoms with Crippen LogP contribution in [-0.4, -0.2) is 54.0 Å². The predicted molar refractivity (Wildman–Crippen MR) is 101 cm³/mol. The molecule has 1 atom stereocenters. The summed E-state index contributed by atoms with van der Waals surface area (Å²) < 4.78 is 4.87. The van der Waals surface area contributed by atoms with E-state index in [1.165, 1.54) is 16.6 Å². The topological polar surface area (TPSA) is 87.5 Å². The lowest BCUT2D eigenvalue weighted by Gasteiger charge is -2.23. The number of aryl methyl sites for hydroxylation is 1. The van der Waals surface area contributed by atoms with Crippen molar-refractivity contribution in [2.45, 2.75) is 13.0 Å². The van der Waals surface area contributed by atoms with Crippen molar-refractivity contribution in [2.75, 3.05) is 37.5 Å². The number of aromatic nitrogens is 1. The van der Waals surface area contributed by atoms with Gasteiger partial charge in [-0.15, -0.1) is 23.1 Å². The Morgan fingerprint density at radius 1 is 1.36 bits per heavy atom. The molecule has 0 saturated carbocycles. The van der Waals surface area contributed by atoms with Gasteiger partial charge in [0.1, 0.15) is 5.76 Å². The average molecular weight is 383 g/mol. The molecule has 0 radical (unpaired) electrons. The highest BCUT2D eigenvalue weighted by atomic mass is 32.2. The minimum Gasteiger partial charge on any atom is -0.360 e. The second-order valence-electron chi connectivity index (χ2n) is 5.66. The summed E-state index contributed by atoms with van der Waals surface area (Å²) >= 11 is 2.93. The largest absolute Gasteiger partial charge is 0.360 e. The fourth-order valence-electron chi connectivity index (χ4n) is 2.12. The number of nitrogens with one attached hydrogen (secondary N) is 2. The second-order valence-corrected chi connectivity index (χ2v) is 7.63. The van der Waals surface area contributed by atoms with Crippen LogP contribution in [0.5, 0.6) is 0 Å². The van der Waals surface area contributed by atoms with Gasteiger partial charge in [-0.3, -0.25) is 9.59 Å². The number of hydrogen-bond acceptors (Lipinski definition) is 7. The molecule has 2 N–H and O–H groups in total. The van der Waals surface area contributed by atoms with E-state index in [0.29, 0.717) is 18.1 Å². The summed E-state index contributed by atoms with van der Waals surface area (Å²) in [5, 5.41) is 11.3. The van der Waals surface area contributed by atoms with E-state index in [9.17, 15) is 9.59 Å². The van der Waals surface area contributed by atoms with Crippen molar-refractivity contribution in [3.8, 4) is 0 Å². The van der Waals surface area contributed by atoms with E-state index < -0.39 is 0 Å². The highest BCUT2D eigenvalue weighted by Crippen LogP contribution is 2.22. The number of likely N-dealkylation sites (N-methyl/N-ethyl adjacent to an activating group) is 1. The van der Waals surface area contributed by atoms with Gasteiger partial charge in [0.2, 0.25) is 11.8 Å². The monoisotopic (exact) mass is 382 g/mol. The molecule has 0 spiro atoms. The van der Waals surface area contributed by atoms with Crippen molar-refractivity contribution in [1.82, 2.24) is 15.4 Å². The molecule has 25 heavy (non-hydrogen) atoms. The van der Waals surface area contributed by atoms with Gasteiger partial charge in [0, 0.05) is 17.5 Å². The molecule has 136 valence electrons. The summed E-state index contributed by atoms with van der Waals surface area (Å²) in [6, 6.07) is 5.85. The molecule has 0 saturated heterocycles. The number of hydrogen-bond donors (Lipinski definition) is 2. The van der Waals surface area contributed by atoms with E-state index in [-0.39, 0.29) is 29.4 Å². The van der Waals surface area contributed by atoms with Crippen LogP contribution in [0.3, 0.4) is 0 Å². The molecule has 2 aromatic rings. The number of rotatable bonds is 9. The van der Waals surface area contributed by atoms with E-state index in [2.05, 4.69) is 26.8 Å². The number of thioether (sulfide) groups is 1. The SMILES string of the molecule is Cc1cc(NC(=O)CSCC(=O)NCC(c2cccs2)N(C)C)no1. The summed E-state index contributed by atoms with van der Waals surface area (Å²) in [5.41, 5.74) is 0. The molecule has 0 aliphatic carbocycles. The molecule has 2 amide bonds. The minimum absolute atomic E-state index is 0.0847. The van der Waals surface area contributed by atoms with Crippen LogP contribution in [0.15, 0.2) is 28.1 Å². The summed E-state index contributed by atoms with van der Waals surface area (Å²) in [5.74, 6) is 1.13. The standard InChI is InChI=1S/C16H22N4O3S2/c1-11-7-14(19-23-11)18-16(22)10-24-9-15(21)17-8-12(20(2)3)13-5-4-6-25-13/h4-7,12H,8-10H2,1-3H3,(H,17,21)(H,18,19,22). The number of thiophene rings is 1. The Labute approximate surface area is 155 Å². The molecule has 2 aromatic heterocycles. The van der Waals surface area contributed by atoms with Crippen molar-refractivity contribution in [3.63, 3.8) is 0 Å². The lowest BCUT2D eigenvalue weighted by Crippen LogP contribution is -2.35. The van der Waals surface area contributed by atoms with Gasteiger partial charge in [-0.1, -0.05) is 11.2 Å². The summed E-state index contributed by atoms with van der Waals surface area (Å²) in [6.45, 7) is 2.29. The lowest BCUT2D eigenvalue weighted by atomic mass is 10.2. The van der Waals surface area contributed by atoms with Crippen LogP contribution >= 0.6 is 23.1 Å². The zero-order chi connectivity index (χ0) is 18.2. The third-order valence-electron chi connectivity index (χ3n) is 3.35. The Hall–Kier alpha value is -1.84. The van der Waals surface area contributed by atoms with Gasteiger partial charge in [0.25, 0.3) is 0 Å². The Morgan fingerprint density at radius 2 is 2.12 bits per heavy atom. The van der Waals surface area contributed by atoms with Crippen LogP contribution < -0.4 is 10.6 Å². The molecule has 2 rings (SSSR count). The van der Waals surface area contributed by atoms with Crippen molar-refractivity contribution in [1.29, 1.82) is 0 Å². The van der Waals surface area contributed by atoms with Crippen LogP contribution in [0.1, 0.15) is 16.7 Å². The van der Waals surface area contributed by atoms with Gasteiger partial charge < -0.3 is 20.1 Å². The molecule has 7 nitrogen and oxygen atoms in total. The number of carbonyl (C=O) groups excluding carboxylic acids is 2. The first-order valence-electron chi connectivity index (χ1n) is 7.73. The number of anilines is 1. The van der Waals surface area contributed by atoms with E-state index in [4.69, 9.17) is 4.52 Å². The molecule has 1 unspecified atom stereocenters. The van der Waals surface area contributed by atoms with Crippen molar-refractivity contribution in [2.24, 2.45) is 0 Å². The first kappa shape index (κ1) is 19.5. The Kier molecular flexibility index (Phi) is 7.48. The zero-order valence-corrected chi connectivity index (χ0v) is 16.1. The number of amides is 2. The van der Waals surface area contributed by atoms with E-state index in [1.807, 2.05) is 25.5 Å². The van der Waals surface area contributed by atoms with Crippen LogP contribution in [-0.2, 0) is 9.59 Å². The van der Waals surface area contributed by atoms with Crippen molar-refractivity contribution >= 4 is 40.7 Å². The van der Waals surface area contributed by atoms with Gasteiger partial charge in [-0.05, 0) is 32.5 Å². The summed E-state index contributed by atoms with van der Waals surface area (Å²) in [6.07, 6.45) is 0. The van der Waals surface area contributed by atoms with E-state index >= 15 is 0 Å². The first-order chi connectivity index (χ1) is 12.0. The predicted octanol–water partition coefficient (Wildman–Crippen LogP) is 2.14. The maximum absolute atomic E-state index is 12.0. The van der Waals surface area contributed by atoms with Gasteiger partial charge >= 0.3 is 0 Å². The third-order valence-corrected chi connectivity index (χ3v) is 5.26. The Balaban J connectivity index is 1.67. The van der Waals surface area contributed by atoms with Gasteiger partial charge in [-0.2, -0.15) is 0 Å². The van der Waals surface area contributed by atoms with Crippen molar-refractivity contribution < 1.29 is 14.1 Å². The van der Waals surface area contributed by atoms with E-state index in [0.717, 1.165) is 0 Å². The second kappa shape index (κ2) is 9.59. The number of carbonyl (C=O) groups is 2. The smallest absolute Gasteiger partial charge is 0.235 e. The van der Waals surface area contributed by atoms with Gasteiger partial charge in [0.05, 0.1) is 17.5 Å². The van der Waals surface area contributed by atoms with E-state index in [1.54, 1.807) is 24.3 Å². The van der Waals surface area contributed by atoms with Crippen LogP contribution in [0, 0.1) is 6.92 Å². The molecular formula is C16H22N4O3S2. The maximum atomic E-state index is 12.0. The summed E-state index contributed by atoms with van der Waals surface area (Å²) in [7, 11) is 3.97. The van der Waals surface area contributed by atoms with Crippen molar-refractivity contribution in [3.05, 3.63) is 34.2 Å². The summed E-state index contributed by atoms with van der Waals surface area (Å²) in [4.78, 5) is 27.0. The molecule has 0 aromatic carbocycles. The fourth-order valence-corrected chi connectivity index (χ4v) is 3.69. The molecule has 0 bridgehead atoms. The first-order valence-corrected chi connectivity index (χ1v) is 9.76. The molecule has 0 fully saturated rings. The highest BCUT2D eigenvalue weighted by molar-refractivity contribution is 8.00. The normalized spacial score (nSPS) is 12.2. The third kappa shape index (κ3) is 6.52. The lowest BCUT2D eigenvalue weighted by molar-refractivity contribution is -0.118. The molecule has 0 aliphatic rings. The maximum Gasteiger partial charge on any atom is 0.235 e. The van der Waals surface area contributed by atoms with Gasteiger partial charge in [0.15, 0.2) is 5.82 Å². The Morgan fingerprint density at radius 3 is 2.72 bits per heavy atom. The van der Waals surface area contributed by atoms with Crippen LogP contribution in [0.4, 0.5) is 5.82 Å². The molecular weight excluding hydrogens is 360 g/mol. The minimum atomic E-state index is -0.212. The number of nitrogens with zero attached hydrogens (tertiary/aromatic N) is 2. The quantitative estimate of drug-likeness (QED) is 0.691. The highest BCUT2D eigenvalue weighted by Gasteiger charge is 2.16. The Bertz CT molecular complexity index is 685. The fraction of sp³-hybridized carbons (Fsp3) is 0.438. The van der Waals surface area contributed by atoms with Crippen LogP contribution in [0.25, 0.3) is 0 Å². The zero-order valence-electron chi connectivity index (χ0n) is 14.4.